The van der Waals surface area contributed by atoms with E-state index in [1.807, 2.05) is 48.5 Å². The van der Waals surface area contributed by atoms with Crippen LogP contribution in [0.5, 0.6) is 11.5 Å². The monoisotopic (exact) mass is 316 g/mol. The summed E-state index contributed by atoms with van der Waals surface area (Å²) in [5.74, 6) is 2.42. The van der Waals surface area contributed by atoms with E-state index in [-0.39, 0.29) is 0 Å². The minimum atomic E-state index is 0.526. The van der Waals surface area contributed by atoms with Crippen molar-refractivity contribution >= 4 is 22.6 Å². The summed E-state index contributed by atoms with van der Waals surface area (Å²) in [5, 5.41) is 0.526. The van der Waals surface area contributed by atoms with Gasteiger partial charge in [0.1, 0.15) is 11.5 Å². The molecule has 0 radical (unpaired) electrons. The van der Waals surface area contributed by atoms with Crippen molar-refractivity contribution < 1.29 is 9.47 Å². The Morgan fingerprint density at radius 3 is 2.32 bits per heavy atom. The zero-order chi connectivity index (χ0) is 15.8. The second kappa shape index (κ2) is 8.34. The third-order valence-electron chi connectivity index (χ3n) is 2.93. The van der Waals surface area contributed by atoms with Gasteiger partial charge in [-0.25, -0.2) is 4.99 Å². The predicted octanol–water partition coefficient (Wildman–Crippen LogP) is 3.76. The number of nitrogens with two attached hydrogens (primary N) is 1. The second-order valence-electron chi connectivity index (χ2n) is 4.66. The Morgan fingerprint density at radius 2 is 1.68 bits per heavy atom. The molecule has 0 aliphatic carbocycles. The van der Waals surface area contributed by atoms with Gasteiger partial charge in [0.05, 0.1) is 19.4 Å². The van der Waals surface area contributed by atoms with Crippen molar-refractivity contribution in [1.82, 2.24) is 0 Å². The number of hydrogen-bond acceptors (Lipinski definition) is 4. The van der Waals surface area contributed by atoms with Gasteiger partial charge in [0, 0.05) is 5.75 Å². The first-order chi connectivity index (χ1) is 10.7. The normalized spacial score (nSPS) is 11.3. The van der Waals surface area contributed by atoms with Gasteiger partial charge >= 0.3 is 0 Å². The molecule has 0 saturated heterocycles. The van der Waals surface area contributed by atoms with Gasteiger partial charge in [-0.2, -0.15) is 0 Å². The molecule has 0 atom stereocenters. The summed E-state index contributed by atoms with van der Waals surface area (Å²) in [5.41, 5.74) is 7.93. The van der Waals surface area contributed by atoms with Crippen molar-refractivity contribution in [1.29, 1.82) is 0 Å². The van der Waals surface area contributed by atoms with Crippen molar-refractivity contribution in [3.63, 3.8) is 0 Å². The lowest BCUT2D eigenvalue weighted by molar-refractivity contribution is 0.344. The summed E-state index contributed by atoms with van der Waals surface area (Å²) < 4.78 is 10.7. The fourth-order valence-electron chi connectivity index (χ4n) is 1.76. The topological polar surface area (TPSA) is 56.8 Å². The number of benzene rings is 2. The molecule has 0 saturated carbocycles. The Kier molecular flexibility index (Phi) is 6.15. The van der Waals surface area contributed by atoms with E-state index in [4.69, 9.17) is 15.2 Å². The van der Waals surface area contributed by atoms with Gasteiger partial charge in [0.25, 0.3) is 0 Å². The molecule has 5 heteroatoms. The first kappa shape index (κ1) is 16.2. The molecule has 116 valence electrons. The zero-order valence-electron chi connectivity index (χ0n) is 12.8. The second-order valence-corrected chi connectivity index (χ2v) is 5.77. The third-order valence-corrected chi connectivity index (χ3v) is 3.69. The molecule has 0 bridgehead atoms. The number of hydrogen-bond donors (Lipinski definition) is 1. The lowest BCUT2D eigenvalue weighted by atomic mass is 10.2. The Hall–Kier alpha value is -2.14. The van der Waals surface area contributed by atoms with Crippen molar-refractivity contribution in [3.8, 4) is 11.5 Å². The largest absolute Gasteiger partial charge is 0.497 e. The molecule has 4 nitrogen and oxygen atoms in total. The fraction of sp³-hybridized carbons (Fsp3) is 0.235. The van der Waals surface area contributed by atoms with Crippen LogP contribution in [0.1, 0.15) is 5.56 Å². The summed E-state index contributed by atoms with van der Waals surface area (Å²) in [7, 11) is 1.64. The molecule has 0 heterocycles. The Labute approximate surface area is 135 Å². The Bertz CT molecular complexity index is 610. The Balaban J connectivity index is 1.75. The highest BCUT2D eigenvalue weighted by molar-refractivity contribution is 8.13. The number of nitrogens with zero attached hydrogens (tertiary/aromatic N) is 1. The van der Waals surface area contributed by atoms with Gasteiger partial charge in [-0.05, 0) is 43.3 Å². The molecule has 0 aliphatic heterocycles. The van der Waals surface area contributed by atoms with Gasteiger partial charge in [-0.1, -0.05) is 29.5 Å². The van der Waals surface area contributed by atoms with Crippen LogP contribution < -0.4 is 15.2 Å². The van der Waals surface area contributed by atoms with Crippen LogP contribution in [0.25, 0.3) is 0 Å². The molecule has 2 aromatic rings. The molecule has 0 spiro atoms. The number of aryl methyl sites for hydroxylation is 1. The number of methoxy groups -OCH3 is 1. The maximum Gasteiger partial charge on any atom is 0.159 e. The molecule has 0 fully saturated rings. The maximum absolute atomic E-state index is 5.90. The van der Waals surface area contributed by atoms with Crippen molar-refractivity contribution in [2.75, 3.05) is 19.5 Å². The first-order valence-corrected chi connectivity index (χ1v) is 7.96. The molecule has 0 aliphatic rings. The number of rotatable bonds is 6. The molecule has 2 aromatic carbocycles. The van der Waals surface area contributed by atoms with Crippen molar-refractivity contribution in [3.05, 3.63) is 54.1 Å². The third kappa shape index (κ3) is 5.33. The van der Waals surface area contributed by atoms with E-state index in [1.54, 1.807) is 7.11 Å². The molecular weight excluding hydrogens is 296 g/mol. The molecule has 2 rings (SSSR count). The lowest BCUT2D eigenvalue weighted by Crippen LogP contribution is -2.10. The highest BCUT2D eigenvalue weighted by Crippen LogP contribution is 2.19. The van der Waals surface area contributed by atoms with Crippen LogP contribution in [0.2, 0.25) is 0 Å². The highest BCUT2D eigenvalue weighted by atomic mass is 32.2. The van der Waals surface area contributed by atoms with E-state index >= 15 is 0 Å². The summed E-state index contributed by atoms with van der Waals surface area (Å²) >= 11 is 1.48. The zero-order valence-corrected chi connectivity index (χ0v) is 13.6. The lowest BCUT2D eigenvalue weighted by Gasteiger charge is -2.06. The van der Waals surface area contributed by atoms with Gasteiger partial charge in [-0.15, -0.1) is 0 Å². The fourth-order valence-corrected chi connectivity index (χ4v) is 2.30. The van der Waals surface area contributed by atoms with Gasteiger partial charge in [-0.3, -0.25) is 0 Å². The van der Waals surface area contributed by atoms with Crippen molar-refractivity contribution in [2.24, 2.45) is 10.7 Å². The molecule has 0 unspecified atom stereocenters. The van der Waals surface area contributed by atoms with Crippen LogP contribution in [0.3, 0.4) is 0 Å². The van der Waals surface area contributed by atoms with Gasteiger partial charge in [0.15, 0.2) is 5.17 Å². The summed E-state index contributed by atoms with van der Waals surface area (Å²) in [6.07, 6.45) is 0. The molecular formula is C17H20N2O2S. The van der Waals surface area contributed by atoms with E-state index in [1.165, 1.54) is 17.3 Å². The minimum Gasteiger partial charge on any atom is -0.497 e. The first-order valence-electron chi connectivity index (χ1n) is 6.98. The van der Waals surface area contributed by atoms with Crippen LogP contribution in [0.4, 0.5) is 5.69 Å². The van der Waals surface area contributed by atoms with Crippen LogP contribution in [-0.2, 0) is 0 Å². The number of aliphatic imine (C=N–C) groups is 1. The van der Waals surface area contributed by atoms with Crippen LogP contribution in [-0.4, -0.2) is 24.6 Å². The molecule has 2 N–H and O–H groups in total. The summed E-state index contributed by atoms with van der Waals surface area (Å²) in [6.45, 7) is 2.64. The van der Waals surface area contributed by atoms with Gasteiger partial charge < -0.3 is 15.2 Å². The van der Waals surface area contributed by atoms with Crippen molar-refractivity contribution in [2.45, 2.75) is 6.92 Å². The molecule has 0 aromatic heterocycles. The van der Waals surface area contributed by atoms with Crippen LogP contribution in [0.15, 0.2) is 53.5 Å². The Morgan fingerprint density at radius 1 is 1.05 bits per heavy atom. The average molecular weight is 316 g/mol. The predicted molar refractivity (Wildman–Crippen MR) is 93.4 cm³/mol. The standard InChI is InChI=1S/C17H20N2O2S/c1-13-3-7-16(8-4-13)21-11-12-22-17(18)19-14-5-9-15(20-2)10-6-14/h3-10H,11-12H2,1-2H3,(H2,18,19). The van der Waals surface area contributed by atoms with E-state index in [0.29, 0.717) is 11.8 Å². The van der Waals surface area contributed by atoms with E-state index < -0.39 is 0 Å². The maximum atomic E-state index is 5.90. The highest BCUT2D eigenvalue weighted by Gasteiger charge is 1.98. The number of ether oxygens (including phenoxy) is 2. The van der Waals surface area contributed by atoms with E-state index in [0.717, 1.165) is 22.9 Å². The van der Waals surface area contributed by atoms with E-state index in [9.17, 15) is 0 Å². The van der Waals surface area contributed by atoms with Crippen LogP contribution in [0, 0.1) is 6.92 Å². The van der Waals surface area contributed by atoms with Gasteiger partial charge in [0.2, 0.25) is 0 Å². The number of amidine groups is 1. The molecule has 0 amide bonds. The molecule has 22 heavy (non-hydrogen) atoms. The summed E-state index contributed by atoms with van der Waals surface area (Å²) in [6, 6.07) is 15.5. The summed E-state index contributed by atoms with van der Waals surface area (Å²) in [4.78, 5) is 4.34. The smallest absolute Gasteiger partial charge is 0.159 e. The minimum absolute atomic E-state index is 0.526. The number of thioether (sulfide) groups is 1. The average Bonchev–Trinajstić information content (AvgIpc) is 2.54. The SMILES string of the molecule is COc1ccc(N=C(N)SCCOc2ccc(C)cc2)cc1. The quantitative estimate of drug-likeness (QED) is 0.501. The van der Waals surface area contributed by atoms with E-state index in [2.05, 4.69) is 11.9 Å². The van der Waals surface area contributed by atoms with Crippen LogP contribution >= 0.6 is 11.8 Å².